The van der Waals surface area contributed by atoms with Crippen molar-refractivity contribution in [1.82, 2.24) is 15.3 Å². The number of hydrogen-bond acceptors (Lipinski definition) is 3. The lowest BCUT2D eigenvalue weighted by molar-refractivity contribution is 0.673. The largest absolute Gasteiger partial charge is 0.339 e. The molecule has 5 heteroatoms. The van der Waals surface area contributed by atoms with Crippen molar-refractivity contribution in [3.8, 4) is 0 Å². The van der Waals surface area contributed by atoms with Gasteiger partial charge in [0.1, 0.15) is 0 Å². The lowest BCUT2D eigenvalue weighted by Crippen LogP contribution is -2.14. The van der Waals surface area contributed by atoms with Crippen molar-refractivity contribution in [2.75, 3.05) is 6.54 Å². The number of hydrogen-bond donors (Lipinski definition) is 2. The van der Waals surface area contributed by atoms with Gasteiger partial charge < -0.3 is 10.3 Å². The number of benzene rings is 1. The summed E-state index contributed by atoms with van der Waals surface area (Å²) in [6, 6.07) is 6.41. The summed E-state index contributed by atoms with van der Waals surface area (Å²) in [6.07, 6.45) is 4.75. The molecule has 0 aliphatic rings. The third-order valence-electron chi connectivity index (χ3n) is 2.45. The number of aromatic nitrogens is 2. The van der Waals surface area contributed by atoms with Crippen LogP contribution in [0, 0.1) is 0 Å². The number of rotatable bonds is 6. The van der Waals surface area contributed by atoms with E-state index < -0.39 is 0 Å². The van der Waals surface area contributed by atoms with Crippen LogP contribution in [-0.4, -0.2) is 16.5 Å². The van der Waals surface area contributed by atoms with Gasteiger partial charge in [-0.05, 0) is 30.7 Å². The summed E-state index contributed by atoms with van der Waals surface area (Å²) in [5.74, 6) is 0. The van der Waals surface area contributed by atoms with E-state index in [1.54, 1.807) is 18.0 Å². The van der Waals surface area contributed by atoms with Crippen molar-refractivity contribution in [2.45, 2.75) is 29.9 Å². The molecule has 96 valence electrons. The lowest BCUT2D eigenvalue weighted by atomic mass is 10.2. The molecule has 1 aromatic heterocycles. The van der Waals surface area contributed by atoms with Crippen LogP contribution in [0.2, 0.25) is 0 Å². The van der Waals surface area contributed by atoms with Crippen LogP contribution in [0.4, 0.5) is 0 Å². The van der Waals surface area contributed by atoms with E-state index in [2.05, 4.69) is 56.3 Å². The first kappa shape index (κ1) is 13.6. The van der Waals surface area contributed by atoms with Crippen LogP contribution >= 0.6 is 27.7 Å². The van der Waals surface area contributed by atoms with Crippen molar-refractivity contribution in [3.05, 3.63) is 40.6 Å². The standard InChI is InChI=1S/C13H16BrN3S/c1-2-5-15-9-10-3-4-11(8-12(10)14)18-13-16-6-7-17-13/h3-4,6-8,15H,2,5,9H2,1H3,(H,16,17). The molecule has 2 rings (SSSR count). The Balaban J connectivity index is 2.00. The molecule has 1 heterocycles. The highest BCUT2D eigenvalue weighted by atomic mass is 79.9. The van der Waals surface area contributed by atoms with Gasteiger partial charge in [-0.2, -0.15) is 0 Å². The first-order valence-corrected chi connectivity index (χ1v) is 7.57. The third kappa shape index (κ3) is 3.86. The minimum absolute atomic E-state index is 0.903. The smallest absolute Gasteiger partial charge is 0.170 e. The van der Waals surface area contributed by atoms with Gasteiger partial charge >= 0.3 is 0 Å². The Morgan fingerprint density at radius 1 is 1.44 bits per heavy atom. The predicted octanol–water partition coefficient (Wildman–Crippen LogP) is 3.82. The van der Waals surface area contributed by atoms with Gasteiger partial charge in [-0.25, -0.2) is 4.98 Å². The summed E-state index contributed by atoms with van der Waals surface area (Å²) >= 11 is 5.25. The zero-order valence-corrected chi connectivity index (χ0v) is 12.6. The Hall–Kier alpha value is -0.780. The van der Waals surface area contributed by atoms with Gasteiger partial charge in [0.2, 0.25) is 0 Å². The quantitative estimate of drug-likeness (QED) is 0.793. The molecule has 0 amide bonds. The molecule has 0 radical (unpaired) electrons. The number of H-pyrrole nitrogens is 1. The van der Waals surface area contributed by atoms with Gasteiger partial charge in [0.25, 0.3) is 0 Å². The van der Waals surface area contributed by atoms with E-state index >= 15 is 0 Å². The summed E-state index contributed by atoms with van der Waals surface area (Å²) in [6.45, 7) is 4.13. The average Bonchev–Trinajstić information content (AvgIpc) is 2.85. The molecule has 18 heavy (non-hydrogen) atoms. The summed E-state index contributed by atoms with van der Waals surface area (Å²) in [5.41, 5.74) is 1.28. The summed E-state index contributed by atoms with van der Waals surface area (Å²) in [4.78, 5) is 8.47. The first-order chi connectivity index (χ1) is 8.79. The number of imidazole rings is 1. The molecule has 0 unspecified atom stereocenters. The molecule has 3 nitrogen and oxygen atoms in total. The Labute approximate surface area is 120 Å². The number of aromatic amines is 1. The van der Waals surface area contributed by atoms with Gasteiger partial charge in [-0.15, -0.1) is 0 Å². The summed E-state index contributed by atoms with van der Waals surface area (Å²) < 4.78 is 1.14. The molecule has 0 bridgehead atoms. The molecule has 0 fully saturated rings. The predicted molar refractivity (Wildman–Crippen MR) is 78.9 cm³/mol. The second-order valence-electron chi connectivity index (χ2n) is 3.93. The maximum atomic E-state index is 4.20. The zero-order valence-electron chi connectivity index (χ0n) is 10.2. The monoisotopic (exact) mass is 325 g/mol. The van der Waals surface area contributed by atoms with E-state index in [1.807, 2.05) is 6.20 Å². The van der Waals surface area contributed by atoms with Crippen LogP contribution in [0.1, 0.15) is 18.9 Å². The van der Waals surface area contributed by atoms with E-state index in [9.17, 15) is 0 Å². The SMILES string of the molecule is CCCNCc1ccc(Sc2ncc[nH]2)cc1Br. The van der Waals surface area contributed by atoms with Crippen LogP contribution in [0.15, 0.2) is 45.1 Å². The lowest BCUT2D eigenvalue weighted by Gasteiger charge is -2.07. The van der Waals surface area contributed by atoms with Gasteiger partial charge in [-0.3, -0.25) is 0 Å². The van der Waals surface area contributed by atoms with Crippen LogP contribution < -0.4 is 5.32 Å². The van der Waals surface area contributed by atoms with Gasteiger partial charge in [0, 0.05) is 28.3 Å². The van der Waals surface area contributed by atoms with Crippen LogP contribution in [0.3, 0.4) is 0 Å². The van der Waals surface area contributed by atoms with E-state index in [0.717, 1.165) is 29.1 Å². The molecule has 0 aliphatic heterocycles. The topological polar surface area (TPSA) is 40.7 Å². The van der Waals surface area contributed by atoms with Crippen molar-refractivity contribution >= 4 is 27.7 Å². The zero-order chi connectivity index (χ0) is 12.8. The number of halogens is 1. The fourth-order valence-corrected chi connectivity index (χ4v) is 3.00. The molecule has 1 aromatic carbocycles. The Bertz CT molecular complexity index is 485. The maximum absolute atomic E-state index is 4.20. The normalized spacial score (nSPS) is 10.8. The molecule has 2 N–H and O–H groups in total. The average molecular weight is 326 g/mol. The van der Waals surface area contributed by atoms with E-state index in [-0.39, 0.29) is 0 Å². The van der Waals surface area contributed by atoms with E-state index in [0.29, 0.717) is 0 Å². The first-order valence-electron chi connectivity index (χ1n) is 5.96. The van der Waals surface area contributed by atoms with Crippen LogP contribution in [0.25, 0.3) is 0 Å². The van der Waals surface area contributed by atoms with Crippen molar-refractivity contribution in [3.63, 3.8) is 0 Å². The Morgan fingerprint density at radius 2 is 2.33 bits per heavy atom. The molecule has 0 spiro atoms. The summed E-state index contributed by atoms with van der Waals surface area (Å²) in [7, 11) is 0. The molecule has 0 saturated heterocycles. The highest BCUT2D eigenvalue weighted by Gasteiger charge is 2.04. The van der Waals surface area contributed by atoms with Crippen molar-refractivity contribution in [1.29, 1.82) is 0 Å². The Morgan fingerprint density at radius 3 is 3.00 bits per heavy atom. The fraction of sp³-hybridized carbons (Fsp3) is 0.308. The molecule has 2 aromatic rings. The van der Waals surface area contributed by atoms with Crippen molar-refractivity contribution in [2.24, 2.45) is 0 Å². The summed E-state index contributed by atoms with van der Waals surface area (Å²) in [5, 5.41) is 4.32. The minimum Gasteiger partial charge on any atom is -0.339 e. The second-order valence-corrected chi connectivity index (χ2v) is 5.84. The Kier molecular flexibility index (Phi) is 5.28. The van der Waals surface area contributed by atoms with Crippen LogP contribution in [-0.2, 0) is 6.54 Å². The highest BCUT2D eigenvalue weighted by molar-refractivity contribution is 9.10. The highest BCUT2D eigenvalue weighted by Crippen LogP contribution is 2.28. The van der Waals surface area contributed by atoms with Crippen molar-refractivity contribution < 1.29 is 0 Å². The third-order valence-corrected chi connectivity index (χ3v) is 4.10. The maximum Gasteiger partial charge on any atom is 0.170 e. The van der Waals surface area contributed by atoms with E-state index in [4.69, 9.17) is 0 Å². The molecular weight excluding hydrogens is 310 g/mol. The van der Waals surface area contributed by atoms with Gasteiger partial charge in [0.05, 0.1) is 0 Å². The van der Waals surface area contributed by atoms with E-state index in [1.165, 1.54) is 10.5 Å². The van der Waals surface area contributed by atoms with Gasteiger partial charge in [0.15, 0.2) is 5.16 Å². The second kappa shape index (κ2) is 6.97. The fourth-order valence-electron chi connectivity index (χ4n) is 1.55. The molecule has 0 atom stereocenters. The molecule has 0 aliphatic carbocycles. The molecular formula is C13H16BrN3S. The minimum atomic E-state index is 0.903. The number of nitrogens with one attached hydrogen (secondary N) is 2. The number of nitrogens with zero attached hydrogens (tertiary/aromatic N) is 1. The van der Waals surface area contributed by atoms with Gasteiger partial charge in [-0.1, -0.05) is 40.7 Å². The molecule has 0 saturated carbocycles. The van der Waals surface area contributed by atoms with Crippen LogP contribution in [0.5, 0.6) is 0 Å².